The Morgan fingerprint density at radius 2 is 1.73 bits per heavy atom. The topological polar surface area (TPSA) is 73.6 Å². The molecule has 3 unspecified atom stereocenters. The van der Waals surface area contributed by atoms with E-state index in [4.69, 9.17) is 4.74 Å². The maximum atomic E-state index is 13.0. The van der Waals surface area contributed by atoms with E-state index in [2.05, 4.69) is 24.0 Å². The summed E-state index contributed by atoms with van der Waals surface area (Å²) in [5, 5.41) is 21.3. The zero-order valence-electron chi connectivity index (χ0n) is 21.0. The number of carbonyl (C=O) groups is 1. The minimum atomic E-state index is -4.17. The number of benzene rings is 2. The first-order valence-corrected chi connectivity index (χ1v) is 13.4. The number of hydrogen-bond acceptors (Lipinski definition) is 4. The van der Waals surface area contributed by atoms with Gasteiger partial charge < -0.3 is 9.84 Å². The van der Waals surface area contributed by atoms with Crippen LogP contribution in [0.15, 0.2) is 30.3 Å². The molecule has 37 heavy (non-hydrogen) atoms. The molecule has 1 N–H and O–H groups in total. The van der Waals surface area contributed by atoms with Gasteiger partial charge in [-0.3, -0.25) is 9.69 Å². The molecule has 2 aromatic rings. The number of nitrogens with zero attached hydrogens (tertiary/aromatic N) is 2. The van der Waals surface area contributed by atoms with E-state index in [1.807, 2.05) is 18.2 Å². The smallest absolute Gasteiger partial charge is 0.391 e. The van der Waals surface area contributed by atoms with Crippen molar-refractivity contribution in [3.63, 3.8) is 0 Å². The molecule has 198 valence electrons. The van der Waals surface area contributed by atoms with Crippen LogP contribution in [0.25, 0.3) is 10.8 Å². The lowest BCUT2D eigenvalue weighted by atomic mass is 9.77. The van der Waals surface area contributed by atoms with E-state index in [-0.39, 0.29) is 43.0 Å². The monoisotopic (exact) mass is 514 g/mol. The summed E-state index contributed by atoms with van der Waals surface area (Å²) in [6.45, 7) is 2.15. The van der Waals surface area contributed by atoms with E-state index in [0.717, 1.165) is 35.6 Å². The van der Waals surface area contributed by atoms with E-state index in [0.29, 0.717) is 37.0 Å². The highest BCUT2D eigenvalue weighted by molar-refractivity contribution is 5.90. The number of piperidine rings is 2. The van der Waals surface area contributed by atoms with Crippen molar-refractivity contribution in [1.29, 1.82) is 5.26 Å². The molecule has 1 saturated carbocycles. The molecule has 3 atom stereocenters. The van der Waals surface area contributed by atoms with Crippen molar-refractivity contribution >= 4 is 16.7 Å². The lowest BCUT2D eigenvalue weighted by Crippen LogP contribution is -2.53. The minimum absolute atomic E-state index is 0.0478. The summed E-state index contributed by atoms with van der Waals surface area (Å²) in [6, 6.07) is 12.6. The summed E-state index contributed by atoms with van der Waals surface area (Å²) >= 11 is 0. The van der Waals surface area contributed by atoms with Gasteiger partial charge in [0, 0.05) is 23.5 Å². The molecule has 1 aliphatic carbocycles. The van der Waals surface area contributed by atoms with Crippen molar-refractivity contribution in [3.8, 4) is 11.8 Å². The SMILES string of the molecule is CC(c1ccc2ccc(OC3CCC(C(F)(F)F)CC3)c(C#N)c2c1)N1C2CCCC1CC(C(=O)O)C2. The van der Waals surface area contributed by atoms with Crippen LogP contribution in [0.2, 0.25) is 0 Å². The van der Waals surface area contributed by atoms with Crippen LogP contribution in [0.5, 0.6) is 5.75 Å². The number of aliphatic carboxylic acids is 1. The average Bonchev–Trinajstić information content (AvgIpc) is 2.86. The van der Waals surface area contributed by atoms with Crippen LogP contribution >= 0.6 is 0 Å². The first kappa shape index (κ1) is 25.8. The fraction of sp³-hybridized carbons (Fsp3) is 0.586. The Kier molecular flexibility index (Phi) is 7.10. The van der Waals surface area contributed by atoms with Crippen molar-refractivity contribution in [3.05, 3.63) is 41.5 Å². The molecular weight excluding hydrogens is 481 g/mol. The van der Waals surface area contributed by atoms with Crippen LogP contribution in [-0.4, -0.2) is 40.3 Å². The van der Waals surface area contributed by atoms with Gasteiger partial charge in [0.2, 0.25) is 0 Å². The molecule has 8 heteroatoms. The van der Waals surface area contributed by atoms with E-state index in [1.165, 1.54) is 0 Å². The zero-order chi connectivity index (χ0) is 26.3. The van der Waals surface area contributed by atoms with Crippen LogP contribution in [0.3, 0.4) is 0 Å². The Morgan fingerprint density at radius 3 is 2.32 bits per heavy atom. The molecule has 2 aromatic carbocycles. The second kappa shape index (κ2) is 10.2. The summed E-state index contributed by atoms with van der Waals surface area (Å²) in [5.74, 6) is -1.84. The number of halogens is 3. The molecule has 5 nitrogen and oxygen atoms in total. The van der Waals surface area contributed by atoms with Crippen molar-refractivity contribution in [2.75, 3.05) is 0 Å². The Morgan fingerprint density at radius 1 is 1.08 bits per heavy atom. The molecular formula is C29H33F3N2O3. The van der Waals surface area contributed by atoms with E-state index in [9.17, 15) is 28.3 Å². The van der Waals surface area contributed by atoms with Crippen LogP contribution in [0, 0.1) is 23.2 Å². The van der Waals surface area contributed by atoms with E-state index >= 15 is 0 Å². The Hall–Kier alpha value is -2.79. The first-order valence-electron chi connectivity index (χ1n) is 13.4. The summed E-state index contributed by atoms with van der Waals surface area (Å²) in [4.78, 5) is 14.2. The Labute approximate surface area is 215 Å². The van der Waals surface area contributed by atoms with Gasteiger partial charge in [-0.05, 0) is 81.4 Å². The Bertz CT molecular complexity index is 1190. The third-order valence-electron chi connectivity index (χ3n) is 8.86. The molecule has 0 amide bonds. The number of hydrogen-bond donors (Lipinski definition) is 1. The Balaban J connectivity index is 1.38. The number of ether oxygens (including phenoxy) is 1. The summed E-state index contributed by atoms with van der Waals surface area (Å²) in [6.07, 6.45) is 0.681. The van der Waals surface area contributed by atoms with Crippen LogP contribution in [0.1, 0.15) is 81.9 Å². The normalized spacial score (nSPS) is 29.4. The van der Waals surface area contributed by atoms with Gasteiger partial charge in [0.05, 0.1) is 17.9 Å². The van der Waals surface area contributed by atoms with Gasteiger partial charge in [0.25, 0.3) is 0 Å². The van der Waals surface area contributed by atoms with Crippen LogP contribution < -0.4 is 4.74 Å². The number of nitriles is 1. The fourth-order valence-corrected chi connectivity index (χ4v) is 6.90. The van der Waals surface area contributed by atoms with Crippen LogP contribution in [0.4, 0.5) is 13.2 Å². The van der Waals surface area contributed by atoms with E-state index in [1.54, 1.807) is 6.07 Å². The highest BCUT2D eigenvalue weighted by Crippen LogP contribution is 2.43. The van der Waals surface area contributed by atoms with Gasteiger partial charge in [-0.15, -0.1) is 0 Å². The second-order valence-corrected chi connectivity index (χ2v) is 11.0. The molecule has 2 aliphatic heterocycles. The van der Waals surface area contributed by atoms with Gasteiger partial charge >= 0.3 is 12.1 Å². The average molecular weight is 515 g/mol. The predicted molar refractivity (Wildman–Crippen MR) is 133 cm³/mol. The van der Waals surface area contributed by atoms with Gasteiger partial charge in [0.1, 0.15) is 17.4 Å². The maximum absolute atomic E-state index is 13.0. The standard InChI is InChI=1S/C29H33F3N2O3/c1-17(34-22-3-2-4-23(34)14-20(13-22)28(35)36)19-6-5-18-7-12-27(26(16-33)25(18)15-19)37-24-10-8-21(9-11-24)29(30,31)32/h5-7,12,15,17,20-24H,2-4,8-11,13-14H2,1H3,(H,35,36). The van der Waals surface area contributed by atoms with Crippen molar-refractivity contribution < 1.29 is 27.8 Å². The molecule has 2 saturated heterocycles. The van der Waals surface area contributed by atoms with Gasteiger partial charge in [-0.1, -0.05) is 24.6 Å². The molecule has 0 spiro atoms. The third-order valence-corrected chi connectivity index (χ3v) is 8.86. The number of carboxylic acid groups (broad SMARTS) is 1. The molecule has 5 rings (SSSR count). The maximum Gasteiger partial charge on any atom is 0.391 e. The highest BCUT2D eigenvalue weighted by Gasteiger charge is 2.43. The summed E-state index contributed by atoms with van der Waals surface area (Å²) in [7, 11) is 0. The number of carboxylic acids is 1. The largest absolute Gasteiger partial charge is 0.489 e. The summed E-state index contributed by atoms with van der Waals surface area (Å²) < 4.78 is 45.2. The van der Waals surface area contributed by atoms with E-state index < -0.39 is 18.1 Å². The highest BCUT2D eigenvalue weighted by atomic mass is 19.4. The lowest BCUT2D eigenvalue weighted by molar-refractivity contribution is -0.185. The zero-order valence-corrected chi connectivity index (χ0v) is 21.0. The molecule has 2 heterocycles. The minimum Gasteiger partial charge on any atom is -0.489 e. The predicted octanol–water partition coefficient (Wildman–Crippen LogP) is 6.99. The summed E-state index contributed by atoms with van der Waals surface area (Å²) in [5.41, 5.74) is 1.48. The fourth-order valence-electron chi connectivity index (χ4n) is 6.90. The molecule has 3 fully saturated rings. The van der Waals surface area contributed by atoms with Gasteiger partial charge in [-0.2, -0.15) is 18.4 Å². The molecule has 2 bridgehead atoms. The van der Waals surface area contributed by atoms with Crippen molar-refractivity contribution in [2.45, 2.75) is 95.1 Å². The first-order chi connectivity index (χ1) is 17.7. The molecule has 0 radical (unpaired) electrons. The number of fused-ring (bicyclic) bond motifs is 3. The quantitative estimate of drug-likeness (QED) is 0.466. The van der Waals surface area contributed by atoms with Crippen LogP contribution in [-0.2, 0) is 4.79 Å². The van der Waals surface area contributed by atoms with Gasteiger partial charge in [0.15, 0.2) is 0 Å². The molecule has 3 aliphatic rings. The number of rotatable bonds is 5. The number of alkyl halides is 3. The third kappa shape index (κ3) is 5.16. The lowest BCUT2D eigenvalue weighted by Gasteiger charge is -2.51. The van der Waals surface area contributed by atoms with Gasteiger partial charge in [-0.25, -0.2) is 0 Å². The molecule has 0 aromatic heterocycles. The van der Waals surface area contributed by atoms with Crippen molar-refractivity contribution in [1.82, 2.24) is 4.90 Å². The second-order valence-electron chi connectivity index (χ2n) is 11.0. The van der Waals surface area contributed by atoms with Crippen molar-refractivity contribution in [2.24, 2.45) is 11.8 Å².